The molecule has 120 valence electrons. The minimum Gasteiger partial charge on any atom is -0.481 e. The molecule has 2 aromatic rings. The average Bonchev–Trinajstić information content (AvgIpc) is 3.20. The minimum absolute atomic E-state index is 0.139. The zero-order valence-electron chi connectivity index (χ0n) is 12.6. The van der Waals surface area contributed by atoms with Crippen molar-refractivity contribution in [2.75, 3.05) is 5.32 Å². The molecular weight excluding hydrogens is 298 g/mol. The molecule has 1 amide bonds. The maximum absolute atomic E-state index is 12.3. The average molecular weight is 315 g/mol. The van der Waals surface area contributed by atoms with Crippen molar-refractivity contribution in [3.05, 3.63) is 30.1 Å². The van der Waals surface area contributed by atoms with Crippen molar-refractivity contribution in [3.63, 3.8) is 0 Å². The minimum atomic E-state index is -0.823. The van der Waals surface area contributed by atoms with E-state index in [4.69, 9.17) is 5.11 Å². The van der Waals surface area contributed by atoms with Crippen molar-refractivity contribution in [3.8, 4) is 5.69 Å². The van der Waals surface area contributed by atoms with Crippen LogP contribution < -0.4 is 5.32 Å². The van der Waals surface area contributed by atoms with Gasteiger partial charge in [-0.1, -0.05) is 6.07 Å². The SMILES string of the molecule is Cc1ccc(NC(=O)[C@@H]2CC[C@H](C(=O)O)C2)cc1-n1cnnn1. The fraction of sp³-hybridized carbons (Fsp3) is 0.400. The number of nitrogens with zero attached hydrogens (tertiary/aromatic N) is 4. The van der Waals surface area contributed by atoms with Gasteiger partial charge in [0.1, 0.15) is 6.33 Å². The molecular formula is C15H17N5O3. The van der Waals surface area contributed by atoms with E-state index in [1.807, 2.05) is 19.1 Å². The predicted molar refractivity (Wildman–Crippen MR) is 81.0 cm³/mol. The number of aromatic nitrogens is 4. The van der Waals surface area contributed by atoms with E-state index in [-0.39, 0.29) is 11.8 Å². The second-order valence-electron chi connectivity index (χ2n) is 5.79. The summed E-state index contributed by atoms with van der Waals surface area (Å²) in [5, 5.41) is 22.9. The topological polar surface area (TPSA) is 110 Å². The van der Waals surface area contributed by atoms with Gasteiger partial charge in [0.25, 0.3) is 0 Å². The van der Waals surface area contributed by atoms with E-state index < -0.39 is 11.9 Å². The summed E-state index contributed by atoms with van der Waals surface area (Å²) < 4.78 is 1.53. The highest BCUT2D eigenvalue weighted by Gasteiger charge is 2.33. The Labute approximate surface area is 132 Å². The van der Waals surface area contributed by atoms with Gasteiger partial charge in [0.05, 0.1) is 11.6 Å². The molecule has 1 heterocycles. The fourth-order valence-corrected chi connectivity index (χ4v) is 2.89. The number of carboxylic acids is 1. The predicted octanol–water partition coefficient (Wildman–Crippen LogP) is 1.41. The van der Waals surface area contributed by atoms with Gasteiger partial charge in [-0.25, -0.2) is 4.68 Å². The molecule has 0 bridgehead atoms. The molecule has 1 aromatic carbocycles. The Morgan fingerprint density at radius 2 is 2.09 bits per heavy atom. The Balaban J connectivity index is 1.72. The Morgan fingerprint density at radius 1 is 1.30 bits per heavy atom. The Hall–Kier alpha value is -2.77. The fourth-order valence-electron chi connectivity index (χ4n) is 2.89. The number of carbonyl (C=O) groups excluding carboxylic acids is 1. The Bertz CT molecular complexity index is 729. The van der Waals surface area contributed by atoms with Crippen LogP contribution in [0.15, 0.2) is 24.5 Å². The molecule has 0 spiro atoms. The van der Waals surface area contributed by atoms with E-state index in [2.05, 4.69) is 20.8 Å². The molecule has 8 nitrogen and oxygen atoms in total. The van der Waals surface area contributed by atoms with E-state index in [0.29, 0.717) is 24.9 Å². The van der Waals surface area contributed by atoms with Crippen LogP contribution >= 0.6 is 0 Å². The third-order valence-electron chi connectivity index (χ3n) is 4.23. The summed E-state index contributed by atoms with van der Waals surface area (Å²) in [7, 11) is 0. The summed E-state index contributed by atoms with van der Waals surface area (Å²) in [6, 6.07) is 5.49. The lowest BCUT2D eigenvalue weighted by Crippen LogP contribution is -2.21. The van der Waals surface area contributed by atoms with Gasteiger partial charge in [0, 0.05) is 11.6 Å². The largest absolute Gasteiger partial charge is 0.481 e. The van der Waals surface area contributed by atoms with E-state index in [0.717, 1.165) is 11.3 Å². The maximum atomic E-state index is 12.3. The number of carboxylic acid groups (broad SMARTS) is 1. The van der Waals surface area contributed by atoms with Crippen molar-refractivity contribution < 1.29 is 14.7 Å². The standard InChI is InChI=1S/C15H17N5O3/c1-9-2-5-12(7-13(9)20-8-16-18-19-20)17-14(21)10-3-4-11(6-10)15(22)23/h2,5,7-8,10-11H,3-4,6H2,1H3,(H,17,21)(H,22,23)/t10-,11+/m1/s1. The molecule has 1 fully saturated rings. The smallest absolute Gasteiger partial charge is 0.306 e. The van der Waals surface area contributed by atoms with Crippen molar-refractivity contribution in [1.82, 2.24) is 20.2 Å². The van der Waals surface area contributed by atoms with Gasteiger partial charge in [-0.05, 0) is 54.3 Å². The lowest BCUT2D eigenvalue weighted by molar-refractivity contribution is -0.141. The quantitative estimate of drug-likeness (QED) is 0.882. The highest BCUT2D eigenvalue weighted by atomic mass is 16.4. The van der Waals surface area contributed by atoms with Crippen molar-refractivity contribution >= 4 is 17.6 Å². The van der Waals surface area contributed by atoms with Gasteiger partial charge in [0.2, 0.25) is 5.91 Å². The van der Waals surface area contributed by atoms with Crippen molar-refractivity contribution in [2.45, 2.75) is 26.2 Å². The normalized spacial score (nSPS) is 20.4. The van der Waals surface area contributed by atoms with Gasteiger partial charge in [-0.3, -0.25) is 9.59 Å². The van der Waals surface area contributed by atoms with Crippen LogP contribution in [-0.2, 0) is 9.59 Å². The highest BCUT2D eigenvalue weighted by Crippen LogP contribution is 2.32. The number of tetrazole rings is 1. The van der Waals surface area contributed by atoms with Gasteiger partial charge < -0.3 is 10.4 Å². The van der Waals surface area contributed by atoms with Crippen LogP contribution in [0.5, 0.6) is 0 Å². The molecule has 1 aromatic heterocycles. The molecule has 2 N–H and O–H groups in total. The number of rotatable bonds is 4. The van der Waals surface area contributed by atoms with Gasteiger partial charge in [0.15, 0.2) is 0 Å². The second-order valence-corrected chi connectivity index (χ2v) is 5.79. The van der Waals surface area contributed by atoms with Crippen LogP contribution in [0.4, 0.5) is 5.69 Å². The molecule has 1 saturated carbocycles. The molecule has 0 saturated heterocycles. The van der Waals surface area contributed by atoms with Crippen LogP contribution in [0.2, 0.25) is 0 Å². The summed E-state index contributed by atoms with van der Waals surface area (Å²) in [6.45, 7) is 1.93. The van der Waals surface area contributed by atoms with Gasteiger partial charge >= 0.3 is 5.97 Å². The summed E-state index contributed by atoms with van der Waals surface area (Å²) >= 11 is 0. The lowest BCUT2D eigenvalue weighted by Gasteiger charge is -2.13. The molecule has 1 aliphatic carbocycles. The van der Waals surface area contributed by atoms with Crippen LogP contribution in [-0.4, -0.2) is 37.2 Å². The molecule has 8 heteroatoms. The molecule has 0 aliphatic heterocycles. The number of carbonyl (C=O) groups is 2. The number of hydrogen-bond acceptors (Lipinski definition) is 5. The summed E-state index contributed by atoms with van der Waals surface area (Å²) in [5.41, 5.74) is 2.40. The number of nitrogens with one attached hydrogen (secondary N) is 1. The first kappa shape index (κ1) is 15.1. The number of benzene rings is 1. The van der Waals surface area contributed by atoms with Crippen molar-refractivity contribution in [2.24, 2.45) is 11.8 Å². The summed E-state index contributed by atoms with van der Waals surface area (Å²) in [4.78, 5) is 23.3. The monoisotopic (exact) mass is 315 g/mol. The maximum Gasteiger partial charge on any atom is 0.306 e. The van der Waals surface area contributed by atoms with Crippen LogP contribution in [0.3, 0.4) is 0 Å². The number of anilines is 1. The first-order valence-electron chi connectivity index (χ1n) is 7.42. The summed E-state index contributed by atoms with van der Waals surface area (Å²) in [6.07, 6.45) is 3.04. The van der Waals surface area contributed by atoms with E-state index in [1.54, 1.807) is 6.07 Å². The second kappa shape index (κ2) is 6.15. The van der Waals surface area contributed by atoms with Crippen LogP contribution in [0, 0.1) is 18.8 Å². The zero-order valence-corrected chi connectivity index (χ0v) is 12.6. The lowest BCUT2D eigenvalue weighted by atomic mass is 10.0. The van der Waals surface area contributed by atoms with E-state index >= 15 is 0 Å². The molecule has 1 aliphatic rings. The molecule has 23 heavy (non-hydrogen) atoms. The Morgan fingerprint density at radius 3 is 2.74 bits per heavy atom. The third-order valence-corrected chi connectivity index (χ3v) is 4.23. The van der Waals surface area contributed by atoms with Crippen molar-refractivity contribution in [1.29, 1.82) is 0 Å². The van der Waals surface area contributed by atoms with E-state index in [9.17, 15) is 9.59 Å². The van der Waals surface area contributed by atoms with Gasteiger partial charge in [-0.15, -0.1) is 5.10 Å². The number of hydrogen-bond donors (Lipinski definition) is 2. The van der Waals surface area contributed by atoms with Crippen LogP contribution in [0.1, 0.15) is 24.8 Å². The molecule has 2 atom stereocenters. The molecule has 0 radical (unpaired) electrons. The first-order chi connectivity index (χ1) is 11.0. The third kappa shape index (κ3) is 3.20. The molecule has 3 rings (SSSR count). The van der Waals surface area contributed by atoms with Gasteiger partial charge in [-0.2, -0.15) is 0 Å². The summed E-state index contributed by atoms with van der Waals surface area (Å²) in [5.74, 6) is -1.63. The number of aryl methyl sites for hydroxylation is 1. The van der Waals surface area contributed by atoms with Crippen LogP contribution in [0.25, 0.3) is 5.69 Å². The molecule has 0 unspecified atom stereocenters. The first-order valence-corrected chi connectivity index (χ1v) is 7.42. The number of amides is 1. The highest BCUT2D eigenvalue weighted by molar-refractivity contribution is 5.93. The zero-order chi connectivity index (χ0) is 16.4. The van der Waals surface area contributed by atoms with E-state index in [1.165, 1.54) is 11.0 Å². The Kier molecular flexibility index (Phi) is 4.05. The number of aliphatic carboxylic acids is 1.